The van der Waals surface area contributed by atoms with Gasteiger partial charge in [-0.05, 0) is 66.9 Å². The van der Waals surface area contributed by atoms with Gasteiger partial charge in [-0.1, -0.05) is 47.1 Å². The fourth-order valence-corrected chi connectivity index (χ4v) is 6.99. The van der Waals surface area contributed by atoms with Crippen molar-refractivity contribution >= 4 is 54.8 Å². The van der Waals surface area contributed by atoms with E-state index in [1.54, 1.807) is 10.6 Å². The van der Waals surface area contributed by atoms with Crippen LogP contribution in [0, 0.1) is 19.3 Å². The number of hydrogen-bond acceptors (Lipinski definition) is 4. The van der Waals surface area contributed by atoms with Crippen LogP contribution in [0.1, 0.15) is 21.5 Å². The summed E-state index contributed by atoms with van der Waals surface area (Å²) in [5.41, 5.74) is 3.69. The highest BCUT2D eigenvalue weighted by molar-refractivity contribution is 7.92. The third-order valence-electron chi connectivity index (χ3n) is 6.01. The van der Waals surface area contributed by atoms with E-state index in [2.05, 4.69) is 10.9 Å². The maximum absolute atomic E-state index is 13.2. The SMILES string of the molecule is C#CCn1c(=NC(=O)c2ccc(S(=O)(=O)N3CCc4ccccc43)cc2)sc2ccc(Cl)c(C)c21. The molecule has 0 aliphatic carbocycles. The molecule has 0 bridgehead atoms. The van der Waals surface area contributed by atoms with Gasteiger partial charge in [0.05, 0.1) is 27.3 Å². The Labute approximate surface area is 212 Å². The Morgan fingerprint density at radius 3 is 2.63 bits per heavy atom. The summed E-state index contributed by atoms with van der Waals surface area (Å²) in [6, 6.07) is 17.0. The highest BCUT2D eigenvalue weighted by Gasteiger charge is 2.30. The largest absolute Gasteiger partial charge is 0.304 e. The van der Waals surface area contributed by atoms with Gasteiger partial charge in [-0.25, -0.2) is 8.42 Å². The minimum absolute atomic E-state index is 0.125. The van der Waals surface area contributed by atoms with Crippen LogP contribution in [0.3, 0.4) is 0 Å². The number of fused-ring (bicyclic) bond motifs is 2. The number of halogens is 1. The van der Waals surface area contributed by atoms with E-state index in [1.165, 1.54) is 39.9 Å². The van der Waals surface area contributed by atoms with E-state index in [1.807, 2.05) is 37.3 Å². The zero-order chi connectivity index (χ0) is 24.7. The number of amides is 1. The topological polar surface area (TPSA) is 71.7 Å². The number of carbonyl (C=O) groups excluding carboxylic acids is 1. The van der Waals surface area contributed by atoms with E-state index < -0.39 is 15.9 Å². The van der Waals surface area contributed by atoms with Crippen molar-refractivity contribution in [2.75, 3.05) is 10.8 Å². The molecule has 0 spiro atoms. The molecule has 4 aromatic rings. The molecule has 0 fully saturated rings. The number of thiazole rings is 1. The predicted octanol–water partition coefficient (Wildman–Crippen LogP) is 4.79. The molecule has 0 N–H and O–H groups in total. The van der Waals surface area contributed by atoms with Gasteiger partial charge in [0.2, 0.25) is 0 Å². The summed E-state index contributed by atoms with van der Waals surface area (Å²) >= 11 is 7.63. The highest BCUT2D eigenvalue weighted by Crippen LogP contribution is 2.32. The molecule has 9 heteroatoms. The highest BCUT2D eigenvalue weighted by atomic mass is 35.5. The monoisotopic (exact) mass is 521 g/mol. The predicted molar refractivity (Wildman–Crippen MR) is 139 cm³/mol. The van der Waals surface area contributed by atoms with Gasteiger partial charge < -0.3 is 4.57 Å². The Kier molecular flexibility index (Phi) is 6.01. The molecule has 0 atom stereocenters. The molecule has 0 saturated carbocycles. The third-order valence-corrected chi connectivity index (χ3v) is 9.29. The number of hydrogen-bond donors (Lipinski definition) is 0. The van der Waals surface area contributed by atoms with E-state index in [0.29, 0.717) is 28.5 Å². The molecule has 3 aromatic carbocycles. The van der Waals surface area contributed by atoms with Gasteiger partial charge in [-0.15, -0.1) is 6.42 Å². The van der Waals surface area contributed by atoms with Gasteiger partial charge in [-0.3, -0.25) is 9.10 Å². The quantitative estimate of drug-likeness (QED) is 0.362. The molecule has 176 valence electrons. The fourth-order valence-electron chi connectivity index (χ4n) is 4.24. The van der Waals surface area contributed by atoms with Crippen LogP contribution >= 0.6 is 22.9 Å². The van der Waals surface area contributed by atoms with Crippen LogP contribution in [-0.4, -0.2) is 25.4 Å². The number of benzene rings is 3. The van der Waals surface area contributed by atoms with Crippen LogP contribution in [0.15, 0.2) is 70.6 Å². The van der Waals surface area contributed by atoms with Crippen LogP contribution in [0.2, 0.25) is 5.02 Å². The first-order valence-electron chi connectivity index (χ1n) is 10.8. The number of anilines is 1. The van der Waals surface area contributed by atoms with Crippen LogP contribution in [0.4, 0.5) is 5.69 Å². The van der Waals surface area contributed by atoms with Crippen molar-refractivity contribution in [3.05, 3.63) is 87.2 Å². The lowest BCUT2D eigenvalue weighted by Crippen LogP contribution is -2.29. The number of terminal acetylenes is 1. The van der Waals surface area contributed by atoms with Gasteiger partial charge in [0.1, 0.15) is 0 Å². The summed E-state index contributed by atoms with van der Waals surface area (Å²) < 4.78 is 30.6. The normalized spacial score (nSPS) is 13.7. The number of aryl methyl sites for hydroxylation is 1. The molecule has 1 amide bonds. The Hall–Kier alpha value is -3.38. The van der Waals surface area contributed by atoms with E-state index >= 15 is 0 Å². The Morgan fingerprint density at radius 2 is 1.89 bits per heavy atom. The van der Waals surface area contributed by atoms with Crippen molar-refractivity contribution in [1.82, 2.24) is 4.57 Å². The first-order chi connectivity index (χ1) is 16.8. The molecule has 6 nitrogen and oxygen atoms in total. The summed E-state index contributed by atoms with van der Waals surface area (Å²) in [6.45, 7) is 2.53. The van der Waals surface area contributed by atoms with E-state index in [0.717, 1.165) is 21.3 Å². The smallest absolute Gasteiger partial charge is 0.279 e. The summed E-state index contributed by atoms with van der Waals surface area (Å²) in [5.74, 6) is 2.12. The van der Waals surface area contributed by atoms with Crippen molar-refractivity contribution in [3.63, 3.8) is 0 Å². The van der Waals surface area contributed by atoms with E-state index in [-0.39, 0.29) is 17.0 Å². The standard InChI is InChI=1S/C26H20ClN3O3S2/c1-3-15-29-24-17(2)21(27)12-13-23(24)34-26(29)28-25(31)19-8-10-20(11-9-19)35(32,33)30-16-14-18-6-4-5-7-22(18)30/h1,4-13H,14-16H2,2H3. The van der Waals surface area contributed by atoms with Crippen molar-refractivity contribution in [2.45, 2.75) is 24.8 Å². The van der Waals surface area contributed by atoms with Crippen LogP contribution in [0.5, 0.6) is 0 Å². The van der Waals surface area contributed by atoms with Crippen molar-refractivity contribution in [3.8, 4) is 12.3 Å². The van der Waals surface area contributed by atoms with Crippen LogP contribution in [0.25, 0.3) is 10.2 Å². The molecule has 1 aliphatic rings. The lowest BCUT2D eigenvalue weighted by Gasteiger charge is -2.19. The van der Waals surface area contributed by atoms with Crippen LogP contribution < -0.4 is 9.11 Å². The number of nitrogens with zero attached hydrogens (tertiary/aromatic N) is 3. The van der Waals surface area contributed by atoms with Gasteiger partial charge in [-0.2, -0.15) is 4.99 Å². The lowest BCUT2D eigenvalue weighted by molar-refractivity contribution is 0.0998. The van der Waals surface area contributed by atoms with Gasteiger partial charge >= 0.3 is 0 Å². The molecular weight excluding hydrogens is 502 g/mol. The minimum Gasteiger partial charge on any atom is -0.304 e. The van der Waals surface area contributed by atoms with Crippen molar-refractivity contribution in [1.29, 1.82) is 0 Å². The first kappa shape index (κ1) is 23.4. The number of aromatic nitrogens is 1. The molecule has 2 heterocycles. The van der Waals surface area contributed by atoms with Gasteiger partial charge in [0, 0.05) is 17.1 Å². The molecule has 0 saturated heterocycles. The number of para-hydroxylation sites is 1. The fraction of sp³-hybridized carbons (Fsp3) is 0.154. The summed E-state index contributed by atoms with van der Waals surface area (Å²) in [5, 5.41) is 0.608. The number of rotatable bonds is 4. The maximum atomic E-state index is 13.2. The molecule has 0 radical (unpaired) electrons. The molecule has 5 rings (SSSR count). The number of sulfonamides is 1. The average molecular weight is 522 g/mol. The molecule has 1 aromatic heterocycles. The molecular formula is C26H20ClN3O3S2. The zero-order valence-electron chi connectivity index (χ0n) is 18.7. The summed E-state index contributed by atoms with van der Waals surface area (Å²) in [7, 11) is -3.74. The second-order valence-electron chi connectivity index (χ2n) is 8.09. The maximum Gasteiger partial charge on any atom is 0.279 e. The Balaban J connectivity index is 1.49. The van der Waals surface area contributed by atoms with E-state index in [4.69, 9.17) is 18.0 Å². The third kappa shape index (κ3) is 4.06. The van der Waals surface area contributed by atoms with E-state index in [9.17, 15) is 13.2 Å². The lowest BCUT2D eigenvalue weighted by atomic mass is 10.2. The zero-order valence-corrected chi connectivity index (χ0v) is 21.1. The first-order valence-corrected chi connectivity index (χ1v) is 13.5. The van der Waals surface area contributed by atoms with Gasteiger partial charge in [0.25, 0.3) is 15.9 Å². The molecule has 0 unspecified atom stereocenters. The summed E-state index contributed by atoms with van der Waals surface area (Å²) in [6.07, 6.45) is 6.23. The van der Waals surface area contributed by atoms with Crippen LogP contribution in [-0.2, 0) is 23.0 Å². The van der Waals surface area contributed by atoms with Crippen molar-refractivity contribution in [2.24, 2.45) is 4.99 Å². The molecule has 1 aliphatic heterocycles. The Bertz CT molecular complexity index is 1690. The number of carbonyl (C=O) groups is 1. The second-order valence-corrected chi connectivity index (χ2v) is 11.4. The minimum atomic E-state index is -3.74. The summed E-state index contributed by atoms with van der Waals surface area (Å²) in [4.78, 5) is 17.9. The van der Waals surface area contributed by atoms with Gasteiger partial charge in [0.15, 0.2) is 4.80 Å². The molecule has 35 heavy (non-hydrogen) atoms. The second kappa shape index (κ2) is 9.00. The Morgan fingerprint density at radius 1 is 1.14 bits per heavy atom. The average Bonchev–Trinajstić information content (AvgIpc) is 3.44. The van der Waals surface area contributed by atoms with Crippen molar-refractivity contribution < 1.29 is 13.2 Å².